The molecule has 2 aromatic heterocycles. The lowest BCUT2D eigenvalue weighted by Gasteiger charge is -2.27. The van der Waals surface area contributed by atoms with Crippen LogP contribution in [0.2, 0.25) is 0 Å². The maximum Gasteiger partial charge on any atom is 0.412 e. The highest BCUT2D eigenvalue weighted by Crippen LogP contribution is 2.24. The summed E-state index contributed by atoms with van der Waals surface area (Å²) in [5.74, 6) is 1.90. The molecule has 0 atom stereocenters. The number of hydrogen-bond acceptors (Lipinski definition) is 6. The lowest BCUT2D eigenvalue weighted by Crippen LogP contribution is -2.39. The first-order valence-electron chi connectivity index (χ1n) is 10.0. The number of aromatic nitrogens is 4. The third-order valence-electron chi connectivity index (χ3n) is 5.22. The first-order valence-corrected chi connectivity index (χ1v) is 10.0. The number of anilines is 1. The molecule has 9 heteroatoms. The number of pyridine rings is 1. The van der Waals surface area contributed by atoms with Crippen LogP contribution >= 0.6 is 0 Å². The van der Waals surface area contributed by atoms with Crippen molar-refractivity contribution in [1.82, 2.24) is 24.6 Å². The van der Waals surface area contributed by atoms with Gasteiger partial charge in [0.05, 0.1) is 13.7 Å². The van der Waals surface area contributed by atoms with Gasteiger partial charge in [-0.1, -0.05) is 19.8 Å². The van der Waals surface area contributed by atoms with Crippen molar-refractivity contribution < 1.29 is 14.3 Å². The molecule has 1 fully saturated rings. The molecule has 29 heavy (non-hydrogen) atoms. The Labute approximate surface area is 170 Å². The average molecular weight is 400 g/mol. The first-order chi connectivity index (χ1) is 14.0. The van der Waals surface area contributed by atoms with Crippen LogP contribution in [-0.4, -0.2) is 56.3 Å². The van der Waals surface area contributed by atoms with Crippen molar-refractivity contribution in [3.8, 4) is 11.4 Å². The summed E-state index contributed by atoms with van der Waals surface area (Å²) < 4.78 is 6.47. The van der Waals surface area contributed by atoms with E-state index in [4.69, 9.17) is 0 Å². The van der Waals surface area contributed by atoms with E-state index in [1.165, 1.54) is 20.0 Å². The number of carbonyl (C=O) groups excluding carboxylic acids is 2. The van der Waals surface area contributed by atoms with Gasteiger partial charge < -0.3 is 9.64 Å². The van der Waals surface area contributed by atoms with Gasteiger partial charge in [0.1, 0.15) is 11.6 Å². The molecule has 156 valence electrons. The fourth-order valence-corrected chi connectivity index (χ4v) is 3.75. The van der Waals surface area contributed by atoms with Crippen LogP contribution in [0.5, 0.6) is 0 Å². The Balaban J connectivity index is 1.76. The number of hydrogen-bond donors (Lipinski definition) is 1. The van der Waals surface area contributed by atoms with Crippen LogP contribution < -0.4 is 5.32 Å². The Bertz CT molecular complexity index is 860. The number of aryl methyl sites for hydroxylation is 1. The monoisotopic (exact) mass is 400 g/mol. The molecule has 0 aliphatic heterocycles. The summed E-state index contributed by atoms with van der Waals surface area (Å²) in [7, 11) is 1.30. The van der Waals surface area contributed by atoms with E-state index >= 15 is 0 Å². The molecule has 0 bridgehead atoms. The molecule has 0 aromatic carbocycles. The second-order valence-corrected chi connectivity index (χ2v) is 7.13. The lowest BCUT2D eigenvalue weighted by atomic mass is 10.2. The summed E-state index contributed by atoms with van der Waals surface area (Å²) in [5.41, 5.74) is 0.749. The average Bonchev–Trinajstić information content (AvgIpc) is 3.38. The third-order valence-corrected chi connectivity index (χ3v) is 5.22. The minimum absolute atomic E-state index is 0.114. The number of carbonyl (C=O) groups is 2. The fourth-order valence-electron chi connectivity index (χ4n) is 3.75. The highest BCUT2D eigenvalue weighted by atomic mass is 16.5. The molecule has 1 saturated carbocycles. The molecule has 1 aliphatic rings. The van der Waals surface area contributed by atoms with Gasteiger partial charge in [0.15, 0.2) is 5.82 Å². The second kappa shape index (κ2) is 9.49. The Morgan fingerprint density at radius 2 is 2.10 bits per heavy atom. The maximum atomic E-state index is 12.1. The smallest absolute Gasteiger partial charge is 0.412 e. The minimum Gasteiger partial charge on any atom is -0.453 e. The van der Waals surface area contributed by atoms with Crippen molar-refractivity contribution in [3.05, 3.63) is 24.2 Å². The number of nitrogens with zero attached hydrogens (tertiary/aromatic N) is 5. The van der Waals surface area contributed by atoms with Gasteiger partial charge in [-0.2, -0.15) is 5.10 Å². The van der Waals surface area contributed by atoms with E-state index in [9.17, 15) is 9.59 Å². The zero-order valence-electron chi connectivity index (χ0n) is 17.2. The van der Waals surface area contributed by atoms with Gasteiger partial charge in [-0.15, -0.1) is 0 Å². The van der Waals surface area contributed by atoms with E-state index in [1.807, 2.05) is 16.5 Å². The van der Waals surface area contributed by atoms with Crippen LogP contribution in [0.4, 0.5) is 10.6 Å². The number of rotatable bonds is 7. The highest BCUT2D eigenvalue weighted by molar-refractivity contribution is 5.84. The van der Waals surface area contributed by atoms with Gasteiger partial charge in [0.25, 0.3) is 0 Å². The van der Waals surface area contributed by atoms with Gasteiger partial charge >= 0.3 is 6.09 Å². The SMILES string of the molecule is CCc1nc(-c2ccnc(NC(=O)OC)c2)nn1CCN(C(C)=O)C1CCCC1. The number of nitrogens with one attached hydrogen (secondary N) is 1. The molecule has 2 amide bonds. The summed E-state index contributed by atoms with van der Waals surface area (Å²) in [4.78, 5) is 34.2. The van der Waals surface area contributed by atoms with Gasteiger partial charge in [-0.25, -0.2) is 19.4 Å². The second-order valence-electron chi connectivity index (χ2n) is 7.13. The summed E-state index contributed by atoms with van der Waals surface area (Å²) in [5, 5.41) is 7.19. The third kappa shape index (κ3) is 5.10. The minimum atomic E-state index is -0.585. The molecule has 1 N–H and O–H groups in total. The molecule has 2 heterocycles. The van der Waals surface area contributed by atoms with Crippen molar-refractivity contribution in [2.24, 2.45) is 0 Å². The Hall–Kier alpha value is -2.97. The topological polar surface area (TPSA) is 102 Å². The van der Waals surface area contributed by atoms with E-state index in [0.29, 0.717) is 30.8 Å². The molecule has 0 spiro atoms. The number of ether oxygens (including phenoxy) is 1. The Morgan fingerprint density at radius 3 is 2.76 bits per heavy atom. The molecule has 1 aliphatic carbocycles. The Kier molecular flexibility index (Phi) is 6.79. The first kappa shape index (κ1) is 20.8. The lowest BCUT2D eigenvalue weighted by molar-refractivity contribution is -0.131. The van der Waals surface area contributed by atoms with Gasteiger partial charge in [-0.05, 0) is 25.0 Å². The Morgan fingerprint density at radius 1 is 1.34 bits per heavy atom. The molecule has 9 nitrogen and oxygen atoms in total. The standard InChI is InChI=1S/C20H28N6O3/c1-4-18-23-19(15-9-10-21-17(13-15)22-20(28)29-3)24-26(18)12-11-25(14(2)27)16-7-5-6-8-16/h9-10,13,16H,4-8,11-12H2,1-3H3,(H,21,22,28). The maximum absolute atomic E-state index is 12.1. The summed E-state index contributed by atoms with van der Waals surface area (Å²) in [6.07, 6.45) is 6.27. The number of methoxy groups -OCH3 is 1. The summed E-state index contributed by atoms with van der Waals surface area (Å²) in [6.45, 7) is 4.89. The molecule has 2 aromatic rings. The molecule has 0 radical (unpaired) electrons. The van der Waals surface area contributed by atoms with Crippen LogP contribution in [-0.2, 0) is 22.5 Å². The van der Waals surface area contributed by atoms with E-state index < -0.39 is 6.09 Å². The van der Waals surface area contributed by atoms with Crippen molar-refractivity contribution in [2.75, 3.05) is 19.0 Å². The van der Waals surface area contributed by atoms with E-state index in [1.54, 1.807) is 25.3 Å². The van der Waals surface area contributed by atoms with Crippen molar-refractivity contribution in [2.45, 2.75) is 58.5 Å². The van der Waals surface area contributed by atoms with Crippen molar-refractivity contribution in [1.29, 1.82) is 0 Å². The summed E-state index contributed by atoms with van der Waals surface area (Å²) in [6, 6.07) is 3.84. The van der Waals surface area contributed by atoms with Crippen LogP contribution in [0.25, 0.3) is 11.4 Å². The molecule has 3 rings (SSSR count). The predicted molar refractivity (Wildman–Crippen MR) is 108 cm³/mol. The van der Waals surface area contributed by atoms with Crippen LogP contribution in [0.1, 0.15) is 45.4 Å². The summed E-state index contributed by atoms with van der Waals surface area (Å²) >= 11 is 0. The zero-order chi connectivity index (χ0) is 20.8. The van der Waals surface area contributed by atoms with Gasteiger partial charge in [0.2, 0.25) is 5.91 Å². The van der Waals surface area contributed by atoms with Crippen LogP contribution in [0.15, 0.2) is 18.3 Å². The van der Waals surface area contributed by atoms with Crippen molar-refractivity contribution in [3.63, 3.8) is 0 Å². The fraction of sp³-hybridized carbons (Fsp3) is 0.550. The van der Waals surface area contributed by atoms with Crippen molar-refractivity contribution >= 4 is 17.8 Å². The van der Waals surface area contributed by atoms with E-state index in [0.717, 1.165) is 30.7 Å². The predicted octanol–water partition coefficient (Wildman–Crippen LogP) is 2.87. The van der Waals surface area contributed by atoms with E-state index in [2.05, 4.69) is 25.1 Å². The molecular weight excluding hydrogens is 372 g/mol. The van der Waals surface area contributed by atoms with Gasteiger partial charge in [0, 0.05) is 37.7 Å². The van der Waals surface area contributed by atoms with E-state index in [-0.39, 0.29) is 5.91 Å². The largest absolute Gasteiger partial charge is 0.453 e. The van der Waals surface area contributed by atoms with Crippen LogP contribution in [0.3, 0.4) is 0 Å². The quantitative estimate of drug-likeness (QED) is 0.767. The number of amides is 2. The van der Waals surface area contributed by atoms with Gasteiger partial charge in [-0.3, -0.25) is 10.1 Å². The molecule has 0 saturated heterocycles. The highest BCUT2D eigenvalue weighted by Gasteiger charge is 2.24. The molecular formula is C20H28N6O3. The normalized spacial score (nSPS) is 14.0. The molecule has 0 unspecified atom stereocenters. The van der Waals surface area contributed by atoms with Crippen LogP contribution in [0, 0.1) is 0 Å². The zero-order valence-corrected chi connectivity index (χ0v) is 17.2.